The third kappa shape index (κ3) is 3.04. The zero-order valence-corrected chi connectivity index (χ0v) is 10.2. The standard InChI is InChI=1S/C10H12ClNO2S/c1-6-3-7(11)4-8(10(6)14-2)12-9(13)5-15/h3-4,15H,5H2,1-2H3,(H,12,13). The number of hydrogen-bond acceptors (Lipinski definition) is 3. The van der Waals surface area contributed by atoms with Crippen LogP contribution < -0.4 is 10.1 Å². The average molecular weight is 246 g/mol. The maximum atomic E-state index is 11.2. The molecule has 0 aliphatic carbocycles. The summed E-state index contributed by atoms with van der Waals surface area (Å²) in [6.07, 6.45) is 0. The lowest BCUT2D eigenvalue weighted by molar-refractivity contribution is -0.113. The lowest BCUT2D eigenvalue weighted by atomic mass is 10.2. The second kappa shape index (κ2) is 5.28. The van der Waals surface area contributed by atoms with Crippen LogP contribution in [-0.4, -0.2) is 18.8 Å². The van der Waals surface area contributed by atoms with Crippen LogP contribution in [0, 0.1) is 6.92 Å². The van der Waals surface area contributed by atoms with Crippen molar-refractivity contribution in [3.63, 3.8) is 0 Å². The van der Waals surface area contributed by atoms with E-state index in [0.717, 1.165) is 5.56 Å². The van der Waals surface area contributed by atoms with Crippen LogP contribution in [0.5, 0.6) is 5.75 Å². The lowest BCUT2D eigenvalue weighted by Crippen LogP contribution is -2.13. The number of thiol groups is 1. The highest BCUT2D eigenvalue weighted by Gasteiger charge is 2.10. The third-order valence-electron chi connectivity index (χ3n) is 1.86. The Balaban J connectivity index is 3.09. The molecule has 15 heavy (non-hydrogen) atoms. The number of carbonyl (C=O) groups is 1. The van der Waals surface area contributed by atoms with Gasteiger partial charge in [-0.25, -0.2) is 0 Å². The van der Waals surface area contributed by atoms with Gasteiger partial charge in [0.05, 0.1) is 18.6 Å². The molecule has 82 valence electrons. The Labute approximate surface area is 99.2 Å². The van der Waals surface area contributed by atoms with Crippen LogP contribution in [0.1, 0.15) is 5.56 Å². The largest absolute Gasteiger partial charge is 0.494 e. The summed E-state index contributed by atoms with van der Waals surface area (Å²) in [7, 11) is 1.55. The Bertz CT molecular complexity index is 382. The molecular weight excluding hydrogens is 234 g/mol. The molecule has 1 amide bonds. The second-order valence-corrected chi connectivity index (χ2v) is 3.76. The van der Waals surface area contributed by atoms with Crippen molar-refractivity contribution in [3.8, 4) is 5.75 Å². The fourth-order valence-corrected chi connectivity index (χ4v) is 1.64. The molecule has 0 aromatic heterocycles. The topological polar surface area (TPSA) is 38.3 Å². The average Bonchev–Trinajstić information content (AvgIpc) is 2.17. The minimum absolute atomic E-state index is 0.120. The lowest BCUT2D eigenvalue weighted by Gasteiger charge is -2.12. The van der Waals surface area contributed by atoms with E-state index in [1.165, 1.54) is 0 Å². The number of halogens is 1. The van der Waals surface area contributed by atoms with Crippen LogP contribution in [0.4, 0.5) is 5.69 Å². The Hall–Kier alpha value is -0.870. The first-order valence-electron chi connectivity index (χ1n) is 4.33. The second-order valence-electron chi connectivity index (χ2n) is 3.01. The van der Waals surface area contributed by atoms with E-state index in [2.05, 4.69) is 17.9 Å². The molecule has 0 atom stereocenters. The van der Waals surface area contributed by atoms with Crippen molar-refractivity contribution in [3.05, 3.63) is 22.7 Å². The molecule has 1 N–H and O–H groups in total. The maximum Gasteiger partial charge on any atom is 0.234 e. The Morgan fingerprint density at radius 2 is 2.27 bits per heavy atom. The number of anilines is 1. The molecule has 1 aromatic rings. The van der Waals surface area contributed by atoms with Crippen LogP contribution in [-0.2, 0) is 4.79 Å². The molecule has 0 bridgehead atoms. The summed E-state index contributed by atoms with van der Waals surface area (Å²) in [5, 5.41) is 3.23. The van der Waals surface area contributed by atoms with Crippen LogP contribution in [0.2, 0.25) is 5.02 Å². The monoisotopic (exact) mass is 245 g/mol. The van der Waals surface area contributed by atoms with Crippen molar-refractivity contribution in [2.45, 2.75) is 6.92 Å². The van der Waals surface area contributed by atoms with E-state index in [-0.39, 0.29) is 11.7 Å². The zero-order valence-electron chi connectivity index (χ0n) is 8.50. The quantitative estimate of drug-likeness (QED) is 0.804. The summed E-state index contributed by atoms with van der Waals surface area (Å²) < 4.78 is 5.18. The molecule has 0 unspecified atom stereocenters. The van der Waals surface area contributed by atoms with E-state index < -0.39 is 0 Å². The van der Waals surface area contributed by atoms with Gasteiger partial charge in [0.2, 0.25) is 5.91 Å². The summed E-state index contributed by atoms with van der Waals surface area (Å²) >= 11 is 9.76. The smallest absolute Gasteiger partial charge is 0.234 e. The number of methoxy groups -OCH3 is 1. The number of aryl methyl sites for hydroxylation is 1. The van der Waals surface area contributed by atoms with Crippen molar-refractivity contribution < 1.29 is 9.53 Å². The SMILES string of the molecule is COc1c(C)cc(Cl)cc1NC(=O)CS. The van der Waals surface area contributed by atoms with E-state index >= 15 is 0 Å². The highest BCUT2D eigenvalue weighted by molar-refractivity contribution is 7.81. The molecule has 0 radical (unpaired) electrons. The zero-order chi connectivity index (χ0) is 11.4. The fourth-order valence-electron chi connectivity index (χ4n) is 1.28. The van der Waals surface area contributed by atoms with Crippen molar-refractivity contribution >= 4 is 35.8 Å². The van der Waals surface area contributed by atoms with Crippen molar-refractivity contribution in [2.75, 3.05) is 18.2 Å². The first kappa shape index (κ1) is 12.2. The molecule has 0 aliphatic rings. The van der Waals surface area contributed by atoms with Crippen molar-refractivity contribution in [1.82, 2.24) is 0 Å². The molecule has 5 heteroatoms. The highest BCUT2D eigenvalue weighted by Crippen LogP contribution is 2.31. The van der Waals surface area contributed by atoms with Gasteiger partial charge >= 0.3 is 0 Å². The van der Waals surface area contributed by atoms with E-state index in [1.807, 2.05) is 6.92 Å². The third-order valence-corrected chi connectivity index (χ3v) is 2.37. The predicted molar refractivity (Wildman–Crippen MR) is 65.2 cm³/mol. The van der Waals surface area contributed by atoms with Gasteiger partial charge in [0.15, 0.2) is 0 Å². The molecule has 3 nitrogen and oxygen atoms in total. The number of benzene rings is 1. The Morgan fingerprint density at radius 1 is 1.60 bits per heavy atom. The van der Waals surface area contributed by atoms with E-state index in [4.69, 9.17) is 16.3 Å². The molecule has 0 fully saturated rings. The number of ether oxygens (including phenoxy) is 1. The molecule has 0 saturated carbocycles. The minimum atomic E-state index is -0.196. The Kier molecular flexibility index (Phi) is 4.29. The van der Waals surface area contributed by atoms with Gasteiger partial charge in [-0.3, -0.25) is 4.79 Å². The van der Waals surface area contributed by atoms with E-state index in [0.29, 0.717) is 16.5 Å². The summed E-state index contributed by atoms with van der Waals surface area (Å²) in [6, 6.07) is 3.42. The first-order chi connectivity index (χ1) is 7.08. The van der Waals surface area contributed by atoms with Crippen LogP contribution in [0.3, 0.4) is 0 Å². The number of hydrogen-bond donors (Lipinski definition) is 2. The molecular formula is C10H12ClNO2S. The molecule has 1 rings (SSSR count). The summed E-state index contributed by atoms with van der Waals surface area (Å²) in [5.41, 5.74) is 1.45. The maximum absolute atomic E-state index is 11.2. The van der Waals surface area contributed by atoms with Crippen LogP contribution >= 0.6 is 24.2 Å². The van der Waals surface area contributed by atoms with Crippen LogP contribution in [0.15, 0.2) is 12.1 Å². The highest BCUT2D eigenvalue weighted by atomic mass is 35.5. The van der Waals surface area contributed by atoms with Gasteiger partial charge in [0.1, 0.15) is 5.75 Å². The number of nitrogens with one attached hydrogen (secondary N) is 1. The molecule has 0 saturated heterocycles. The molecule has 0 spiro atoms. The normalized spacial score (nSPS) is 9.87. The van der Waals surface area contributed by atoms with Crippen LogP contribution in [0.25, 0.3) is 0 Å². The number of amides is 1. The van der Waals surface area contributed by atoms with Crippen molar-refractivity contribution in [2.24, 2.45) is 0 Å². The molecule has 0 aliphatic heterocycles. The summed E-state index contributed by atoms with van der Waals surface area (Å²) in [5.74, 6) is 0.544. The minimum Gasteiger partial charge on any atom is -0.494 e. The van der Waals surface area contributed by atoms with Gasteiger partial charge in [-0.1, -0.05) is 11.6 Å². The van der Waals surface area contributed by atoms with Crippen molar-refractivity contribution in [1.29, 1.82) is 0 Å². The summed E-state index contributed by atoms with van der Waals surface area (Å²) in [4.78, 5) is 11.2. The van der Waals surface area contributed by atoms with E-state index in [1.54, 1.807) is 19.2 Å². The summed E-state index contributed by atoms with van der Waals surface area (Å²) in [6.45, 7) is 1.86. The van der Waals surface area contributed by atoms with Gasteiger partial charge in [-0.15, -0.1) is 0 Å². The van der Waals surface area contributed by atoms with Gasteiger partial charge in [-0.05, 0) is 24.6 Å². The molecule has 1 aromatic carbocycles. The first-order valence-corrected chi connectivity index (χ1v) is 5.34. The molecule has 0 heterocycles. The van der Waals surface area contributed by atoms with Gasteiger partial charge in [0.25, 0.3) is 0 Å². The number of carbonyl (C=O) groups excluding carboxylic acids is 1. The van der Waals surface area contributed by atoms with Gasteiger partial charge < -0.3 is 10.1 Å². The van der Waals surface area contributed by atoms with Gasteiger partial charge in [-0.2, -0.15) is 12.6 Å². The van der Waals surface area contributed by atoms with E-state index in [9.17, 15) is 4.79 Å². The Morgan fingerprint density at radius 3 is 2.80 bits per heavy atom. The van der Waals surface area contributed by atoms with Gasteiger partial charge in [0, 0.05) is 5.02 Å². The number of rotatable bonds is 3. The fraction of sp³-hybridized carbons (Fsp3) is 0.300. The predicted octanol–water partition coefficient (Wildman–Crippen LogP) is 2.53.